The van der Waals surface area contributed by atoms with Crippen molar-refractivity contribution in [2.24, 2.45) is 0 Å². The Kier molecular flexibility index (Phi) is 4.51. The number of benzene rings is 1. The fraction of sp³-hybridized carbons (Fsp3) is 0.333. The highest BCUT2D eigenvalue weighted by Crippen LogP contribution is 2.34. The molecule has 0 amide bonds. The summed E-state index contributed by atoms with van der Waals surface area (Å²) in [5.74, 6) is 0. The van der Waals surface area contributed by atoms with Gasteiger partial charge in [0.25, 0.3) is 0 Å². The molecule has 7 heteroatoms. The Morgan fingerprint density at radius 2 is 1.69 bits per heavy atom. The summed E-state index contributed by atoms with van der Waals surface area (Å²) in [7, 11) is -3.44. The molecule has 3 nitrogen and oxygen atoms in total. The zero-order valence-electron chi connectivity index (χ0n) is 8.59. The van der Waals surface area contributed by atoms with Crippen molar-refractivity contribution in [1.29, 1.82) is 0 Å². The topological polar surface area (TPSA) is 46.2 Å². The van der Waals surface area contributed by atoms with E-state index in [1.54, 1.807) is 26.0 Å². The van der Waals surface area contributed by atoms with Crippen LogP contribution in [0.3, 0.4) is 0 Å². The van der Waals surface area contributed by atoms with Gasteiger partial charge in [0.15, 0.2) is 0 Å². The summed E-state index contributed by atoms with van der Waals surface area (Å²) in [6.07, 6.45) is 0. The second kappa shape index (κ2) is 5.12. The smallest absolute Gasteiger partial charge is 0.235 e. The van der Waals surface area contributed by atoms with E-state index in [4.69, 9.17) is 23.2 Å². The van der Waals surface area contributed by atoms with Gasteiger partial charge in [0.1, 0.15) is 0 Å². The zero-order valence-corrected chi connectivity index (χ0v) is 12.5. The summed E-state index contributed by atoms with van der Waals surface area (Å²) >= 11 is 15.0. The first-order valence-corrected chi connectivity index (χ1v) is 7.49. The number of nitrogens with one attached hydrogen (secondary N) is 1. The van der Waals surface area contributed by atoms with Crippen molar-refractivity contribution in [3.05, 3.63) is 26.7 Å². The largest absolute Gasteiger partial charge is 0.280 e. The molecule has 0 aromatic heterocycles. The Hall–Kier alpha value is 0.0300. The summed E-state index contributed by atoms with van der Waals surface area (Å²) in [5.41, 5.74) is 0.209. The molecule has 0 aliphatic heterocycles. The lowest BCUT2D eigenvalue weighted by Crippen LogP contribution is -2.22. The van der Waals surface area contributed by atoms with Gasteiger partial charge in [0, 0.05) is 4.47 Å². The van der Waals surface area contributed by atoms with E-state index in [0.717, 1.165) is 0 Å². The average molecular weight is 347 g/mol. The summed E-state index contributed by atoms with van der Waals surface area (Å²) in [6.45, 7) is 3.14. The van der Waals surface area contributed by atoms with Crippen LogP contribution in [-0.2, 0) is 10.0 Å². The van der Waals surface area contributed by atoms with Gasteiger partial charge in [0.2, 0.25) is 10.0 Å². The van der Waals surface area contributed by atoms with Crippen molar-refractivity contribution in [1.82, 2.24) is 0 Å². The number of sulfonamides is 1. The van der Waals surface area contributed by atoms with Crippen LogP contribution in [0.5, 0.6) is 0 Å². The molecule has 1 aromatic carbocycles. The molecule has 0 radical (unpaired) electrons. The van der Waals surface area contributed by atoms with E-state index in [9.17, 15) is 8.42 Å². The van der Waals surface area contributed by atoms with E-state index in [-0.39, 0.29) is 15.7 Å². The van der Waals surface area contributed by atoms with Crippen LogP contribution in [0.2, 0.25) is 10.0 Å². The van der Waals surface area contributed by atoms with E-state index < -0.39 is 15.3 Å². The van der Waals surface area contributed by atoms with Gasteiger partial charge in [0.05, 0.1) is 21.0 Å². The molecule has 0 bridgehead atoms. The standard InChI is InChI=1S/C9H10BrCl2NO2S/c1-5(2)16(14,15)13-9-7(11)3-6(10)4-8(9)12/h3-5,13H,1-2H3. The Balaban J connectivity index is 3.17. The summed E-state index contributed by atoms with van der Waals surface area (Å²) in [4.78, 5) is 0. The zero-order chi connectivity index (χ0) is 12.5. The van der Waals surface area contributed by atoms with Crippen LogP contribution in [-0.4, -0.2) is 13.7 Å². The minimum atomic E-state index is -3.44. The molecule has 0 unspecified atom stereocenters. The Morgan fingerprint density at radius 3 is 2.06 bits per heavy atom. The normalized spacial score (nSPS) is 11.9. The predicted octanol–water partition coefficient (Wildman–Crippen LogP) is 3.91. The van der Waals surface area contributed by atoms with Gasteiger partial charge in [-0.05, 0) is 26.0 Å². The molecule has 0 aliphatic rings. The van der Waals surface area contributed by atoms with Gasteiger partial charge in [-0.2, -0.15) is 0 Å². The number of hydrogen-bond acceptors (Lipinski definition) is 2. The second-order valence-corrected chi connectivity index (χ2v) is 7.41. The highest BCUT2D eigenvalue weighted by molar-refractivity contribution is 9.10. The summed E-state index contributed by atoms with van der Waals surface area (Å²) in [5, 5.41) is -0.0459. The quantitative estimate of drug-likeness (QED) is 0.901. The predicted molar refractivity (Wildman–Crippen MR) is 71.8 cm³/mol. The van der Waals surface area contributed by atoms with Gasteiger partial charge in [-0.1, -0.05) is 39.1 Å². The minimum Gasteiger partial charge on any atom is -0.280 e. The van der Waals surface area contributed by atoms with Crippen LogP contribution in [0.15, 0.2) is 16.6 Å². The molecule has 0 saturated heterocycles. The fourth-order valence-corrected chi connectivity index (χ4v) is 3.05. The van der Waals surface area contributed by atoms with Gasteiger partial charge in [-0.15, -0.1) is 0 Å². The molecule has 0 atom stereocenters. The minimum absolute atomic E-state index is 0.209. The first-order chi connectivity index (χ1) is 7.24. The number of hydrogen-bond donors (Lipinski definition) is 1. The molecule has 0 spiro atoms. The second-order valence-electron chi connectivity index (χ2n) is 3.44. The van der Waals surface area contributed by atoms with Gasteiger partial charge in [-0.3, -0.25) is 4.72 Å². The Morgan fingerprint density at radius 1 is 1.25 bits per heavy atom. The molecule has 1 aromatic rings. The van der Waals surface area contributed by atoms with Crippen LogP contribution in [0.1, 0.15) is 13.8 Å². The molecule has 90 valence electrons. The van der Waals surface area contributed by atoms with Gasteiger partial charge < -0.3 is 0 Å². The fourth-order valence-electron chi connectivity index (χ4n) is 0.900. The van der Waals surface area contributed by atoms with Crippen LogP contribution < -0.4 is 4.72 Å². The van der Waals surface area contributed by atoms with Crippen molar-refractivity contribution in [2.75, 3.05) is 4.72 Å². The number of rotatable bonds is 3. The Bertz CT molecular complexity index is 479. The van der Waals surface area contributed by atoms with Gasteiger partial charge in [-0.25, -0.2) is 8.42 Å². The van der Waals surface area contributed by atoms with E-state index in [2.05, 4.69) is 20.7 Å². The third-order valence-corrected chi connectivity index (χ3v) is 4.66. The van der Waals surface area contributed by atoms with E-state index in [1.807, 2.05) is 0 Å². The van der Waals surface area contributed by atoms with E-state index in [1.165, 1.54) is 0 Å². The van der Waals surface area contributed by atoms with Crippen molar-refractivity contribution < 1.29 is 8.42 Å². The van der Waals surface area contributed by atoms with Crippen molar-refractivity contribution in [3.8, 4) is 0 Å². The lowest BCUT2D eigenvalue weighted by molar-refractivity contribution is 0.593. The van der Waals surface area contributed by atoms with Crippen molar-refractivity contribution in [3.63, 3.8) is 0 Å². The molecule has 1 N–H and O–H groups in total. The monoisotopic (exact) mass is 345 g/mol. The third-order valence-electron chi connectivity index (χ3n) is 1.87. The van der Waals surface area contributed by atoms with Crippen molar-refractivity contribution in [2.45, 2.75) is 19.1 Å². The molecule has 0 heterocycles. The maximum atomic E-state index is 11.6. The molecule has 0 aliphatic carbocycles. The van der Waals surface area contributed by atoms with E-state index in [0.29, 0.717) is 4.47 Å². The van der Waals surface area contributed by atoms with E-state index >= 15 is 0 Å². The van der Waals surface area contributed by atoms with Gasteiger partial charge >= 0.3 is 0 Å². The molecule has 0 saturated carbocycles. The highest BCUT2D eigenvalue weighted by Gasteiger charge is 2.19. The average Bonchev–Trinajstić information content (AvgIpc) is 2.11. The highest BCUT2D eigenvalue weighted by atomic mass is 79.9. The maximum Gasteiger partial charge on any atom is 0.235 e. The third kappa shape index (κ3) is 3.26. The molecular formula is C9H10BrCl2NO2S. The molecule has 16 heavy (non-hydrogen) atoms. The maximum absolute atomic E-state index is 11.6. The van der Waals surface area contributed by atoms with Crippen LogP contribution >= 0.6 is 39.1 Å². The first kappa shape index (κ1) is 14.1. The van der Waals surface area contributed by atoms with Crippen LogP contribution in [0.4, 0.5) is 5.69 Å². The molecule has 1 rings (SSSR count). The SMILES string of the molecule is CC(C)S(=O)(=O)Nc1c(Cl)cc(Br)cc1Cl. The van der Waals surface area contributed by atoms with Crippen molar-refractivity contribution >= 4 is 54.8 Å². The molecular weight excluding hydrogens is 337 g/mol. The van der Waals surface area contributed by atoms with Crippen LogP contribution in [0.25, 0.3) is 0 Å². The lowest BCUT2D eigenvalue weighted by atomic mass is 10.3. The lowest BCUT2D eigenvalue weighted by Gasteiger charge is -2.13. The van der Waals surface area contributed by atoms with Crippen LogP contribution in [0, 0.1) is 0 Å². The molecule has 0 fully saturated rings. The first-order valence-electron chi connectivity index (χ1n) is 4.40. The number of anilines is 1. The summed E-state index contributed by atoms with van der Waals surface area (Å²) in [6, 6.07) is 3.15. The Labute approximate surface area is 113 Å². The number of halogens is 3. The summed E-state index contributed by atoms with van der Waals surface area (Å²) < 4.78 is 26.4.